The summed E-state index contributed by atoms with van der Waals surface area (Å²) in [5.41, 5.74) is 0.973. The van der Waals surface area contributed by atoms with E-state index in [1.165, 1.54) is 6.07 Å². The molecule has 6 heteroatoms. The van der Waals surface area contributed by atoms with Gasteiger partial charge < -0.3 is 15.4 Å². The molecule has 0 saturated heterocycles. The predicted molar refractivity (Wildman–Crippen MR) is 82.4 cm³/mol. The summed E-state index contributed by atoms with van der Waals surface area (Å²) in [6.45, 7) is 0.0659. The molecule has 2 aromatic rings. The highest BCUT2D eigenvalue weighted by molar-refractivity contribution is 5.99. The van der Waals surface area contributed by atoms with Crippen LogP contribution in [0.4, 0.5) is 10.1 Å². The van der Waals surface area contributed by atoms with Crippen LogP contribution in [0.2, 0.25) is 0 Å². The third-order valence-electron chi connectivity index (χ3n) is 3.51. The van der Waals surface area contributed by atoms with Gasteiger partial charge in [-0.1, -0.05) is 30.3 Å². The average molecular weight is 314 g/mol. The molecule has 0 spiro atoms. The molecule has 1 aliphatic heterocycles. The number of amides is 2. The van der Waals surface area contributed by atoms with Crippen molar-refractivity contribution in [2.45, 2.75) is 19.1 Å². The maximum Gasteiger partial charge on any atom is 0.266 e. The number of fused-ring (bicyclic) bond motifs is 1. The van der Waals surface area contributed by atoms with Crippen molar-refractivity contribution in [2.75, 3.05) is 5.32 Å². The van der Waals surface area contributed by atoms with Crippen LogP contribution in [-0.2, 0) is 16.1 Å². The van der Waals surface area contributed by atoms with Gasteiger partial charge in [0.05, 0.1) is 12.1 Å². The summed E-state index contributed by atoms with van der Waals surface area (Å²) in [7, 11) is 0. The Bertz CT molecular complexity index is 748. The summed E-state index contributed by atoms with van der Waals surface area (Å²) in [4.78, 5) is 23.9. The first-order valence-corrected chi connectivity index (χ1v) is 7.20. The molecule has 2 aromatic carbocycles. The highest BCUT2D eigenvalue weighted by atomic mass is 19.1. The Kier molecular flexibility index (Phi) is 4.23. The maximum absolute atomic E-state index is 13.5. The number of carbonyl (C=O) groups excluding carboxylic acids is 2. The second-order valence-corrected chi connectivity index (χ2v) is 5.16. The molecular weight excluding hydrogens is 299 g/mol. The molecule has 1 atom stereocenters. The van der Waals surface area contributed by atoms with Gasteiger partial charge in [0.25, 0.3) is 5.91 Å². The van der Waals surface area contributed by atoms with Crippen molar-refractivity contribution in [3.05, 3.63) is 59.9 Å². The van der Waals surface area contributed by atoms with E-state index in [2.05, 4.69) is 10.6 Å². The van der Waals surface area contributed by atoms with Crippen LogP contribution in [0.25, 0.3) is 0 Å². The van der Waals surface area contributed by atoms with Crippen molar-refractivity contribution >= 4 is 17.5 Å². The quantitative estimate of drug-likeness (QED) is 0.909. The smallest absolute Gasteiger partial charge is 0.266 e. The van der Waals surface area contributed by atoms with E-state index in [9.17, 15) is 14.0 Å². The minimum atomic E-state index is -0.898. The normalized spacial score (nSPS) is 16.0. The van der Waals surface area contributed by atoms with Gasteiger partial charge in [0.15, 0.2) is 6.10 Å². The predicted octanol–water partition coefficient (Wildman–Crippen LogP) is 2.23. The topological polar surface area (TPSA) is 67.4 Å². The lowest BCUT2D eigenvalue weighted by Gasteiger charge is -2.25. The van der Waals surface area contributed by atoms with Crippen LogP contribution in [0.1, 0.15) is 12.0 Å². The lowest BCUT2D eigenvalue weighted by atomic mass is 10.1. The molecule has 2 N–H and O–H groups in total. The maximum atomic E-state index is 13.5. The van der Waals surface area contributed by atoms with Gasteiger partial charge in [0, 0.05) is 12.1 Å². The number of nitrogens with one attached hydrogen (secondary N) is 2. The zero-order valence-corrected chi connectivity index (χ0v) is 12.2. The second-order valence-electron chi connectivity index (χ2n) is 5.16. The lowest BCUT2D eigenvalue weighted by Crippen LogP contribution is -2.40. The van der Waals surface area contributed by atoms with E-state index in [-0.39, 0.29) is 30.6 Å². The third-order valence-corrected chi connectivity index (χ3v) is 3.51. The highest BCUT2D eigenvalue weighted by Crippen LogP contribution is 2.29. The van der Waals surface area contributed by atoms with E-state index < -0.39 is 6.10 Å². The Labute approximate surface area is 132 Å². The molecule has 0 fully saturated rings. The molecule has 0 aromatic heterocycles. The van der Waals surface area contributed by atoms with Gasteiger partial charge in [-0.3, -0.25) is 9.59 Å². The number of hydrogen-bond acceptors (Lipinski definition) is 3. The fourth-order valence-corrected chi connectivity index (χ4v) is 2.30. The molecule has 23 heavy (non-hydrogen) atoms. The van der Waals surface area contributed by atoms with Crippen LogP contribution in [-0.4, -0.2) is 17.9 Å². The number of hydrogen-bond donors (Lipinski definition) is 2. The van der Waals surface area contributed by atoms with Crippen LogP contribution in [0.15, 0.2) is 48.5 Å². The van der Waals surface area contributed by atoms with E-state index in [1.807, 2.05) is 0 Å². The van der Waals surface area contributed by atoms with Crippen molar-refractivity contribution in [1.82, 2.24) is 5.32 Å². The number of rotatable bonds is 4. The zero-order chi connectivity index (χ0) is 16.2. The molecule has 0 bridgehead atoms. The Morgan fingerprint density at radius 1 is 1.17 bits per heavy atom. The van der Waals surface area contributed by atoms with E-state index >= 15 is 0 Å². The number of benzene rings is 2. The number of ether oxygens (including phenoxy) is 1. The monoisotopic (exact) mass is 314 g/mol. The number of carbonyl (C=O) groups is 2. The SMILES string of the molecule is O=C(C[C@H]1Oc2ccccc2NC1=O)NCc1ccccc1F. The van der Waals surface area contributed by atoms with Gasteiger partial charge >= 0.3 is 0 Å². The molecule has 0 saturated carbocycles. The second kappa shape index (κ2) is 6.48. The van der Waals surface area contributed by atoms with Gasteiger partial charge in [-0.15, -0.1) is 0 Å². The summed E-state index contributed by atoms with van der Waals surface area (Å²) in [5, 5.41) is 5.29. The fraction of sp³-hybridized carbons (Fsp3) is 0.176. The first kappa shape index (κ1) is 15.0. The van der Waals surface area contributed by atoms with Crippen LogP contribution < -0.4 is 15.4 Å². The first-order valence-electron chi connectivity index (χ1n) is 7.20. The molecule has 0 aliphatic carbocycles. The Morgan fingerprint density at radius 2 is 1.91 bits per heavy atom. The summed E-state index contributed by atoms with van der Waals surface area (Å²) in [6.07, 6.45) is -1.03. The first-order chi connectivity index (χ1) is 11.1. The minimum Gasteiger partial charge on any atom is -0.478 e. The molecule has 1 aliphatic rings. The largest absolute Gasteiger partial charge is 0.478 e. The van der Waals surface area contributed by atoms with E-state index in [4.69, 9.17) is 4.74 Å². The Hall–Kier alpha value is -2.89. The molecular formula is C17H15FN2O3. The van der Waals surface area contributed by atoms with Crippen molar-refractivity contribution in [1.29, 1.82) is 0 Å². The van der Waals surface area contributed by atoms with Gasteiger partial charge in [-0.05, 0) is 18.2 Å². The van der Waals surface area contributed by atoms with Crippen LogP contribution in [0, 0.1) is 5.82 Å². The molecule has 118 valence electrons. The Morgan fingerprint density at radius 3 is 2.74 bits per heavy atom. The molecule has 0 radical (unpaired) electrons. The Balaban J connectivity index is 1.58. The number of anilines is 1. The molecule has 5 nitrogen and oxygen atoms in total. The van der Waals surface area contributed by atoms with Crippen molar-refractivity contribution in [2.24, 2.45) is 0 Å². The number of halogens is 1. The van der Waals surface area contributed by atoms with Crippen LogP contribution >= 0.6 is 0 Å². The zero-order valence-electron chi connectivity index (χ0n) is 12.2. The standard InChI is InChI=1S/C17H15FN2O3/c18-12-6-2-1-5-11(12)10-19-16(21)9-15-17(22)20-13-7-3-4-8-14(13)23-15/h1-8,15H,9-10H2,(H,19,21)(H,20,22)/t15-/m1/s1. The molecule has 3 rings (SSSR count). The number of para-hydroxylation sites is 2. The fourth-order valence-electron chi connectivity index (χ4n) is 2.30. The van der Waals surface area contributed by atoms with Crippen LogP contribution in [0.5, 0.6) is 5.75 Å². The minimum absolute atomic E-state index is 0.0659. The summed E-state index contributed by atoms with van der Waals surface area (Å²) >= 11 is 0. The van der Waals surface area contributed by atoms with Gasteiger partial charge in [0.1, 0.15) is 11.6 Å². The van der Waals surface area contributed by atoms with Crippen molar-refractivity contribution in [3.8, 4) is 5.75 Å². The lowest BCUT2D eigenvalue weighted by molar-refractivity contribution is -0.130. The van der Waals surface area contributed by atoms with E-state index in [0.29, 0.717) is 17.0 Å². The van der Waals surface area contributed by atoms with Gasteiger partial charge in [-0.2, -0.15) is 0 Å². The molecule has 2 amide bonds. The van der Waals surface area contributed by atoms with E-state index in [1.54, 1.807) is 42.5 Å². The van der Waals surface area contributed by atoms with Gasteiger partial charge in [-0.25, -0.2) is 4.39 Å². The third kappa shape index (κ3) is 3.48. The van der Waals surface area contributed by atoms with E-state index in [0.717, 1.165) is 0 Å². The van der Waals surface area contributed by atoms with Crippen molar-refractivity contribution < 1.29 is 18.7 Å². The van der Waals surface area contributed by atoms with Gasteiger partial charge in [0.2, 0.25) is 5.91 Å². The summed E-state index contributed by atoms with van der Waals surface area (Å²) in [6, 6.07) is 13.2. The average Bonchev–Trinajstić information content (AvgIpc) is 2.55. The molecule has 0 unspecified atom stereocenters. The van der Waals surface area contributed by atoms with Crippen LogP contribution in [0.3, 0.4) is 0 Å². The summed E-state index contributed by atoms with van der Waals surface area (Å²) < 4.78 is 19.0. The molecule has 1 heterocycles. The highest BCUT2D eigenvalue weighted by Gasteiger charge is 2.29. The van der Waals surface area contributed by atoms with Crippen molar-refractivity contribution in [3.63, 3.8) is 0 Å². The summed E-state index contributed by atoms with van der Waals surface area (Å²) in [5.74, 6) is -0.607.